The van der Waals surface area contributed by atoms with Gasteiger partial charge in [0.1, 0.15) is 12.4 Å². The predicted molar refractivity (Wildman–Crippen MR) is 97.9 cm³/mol. The molecular weight excluding hydrogens is 352 g/mol. The summed E-state index contributed by atoms with van der Waals surface area (Å²) in [5.41, 5.74) is 2.47. The van der Waals surface area contributed by atoms with E-state index in [4.69, 9.17) is 16.3 Å². The van der Waals surface area contributed by atoms with Crippen molar-refractivity contribution in [2.75, 3.05) is 19.7 Å². The monoisotopic (exact) mass is 368 g/mol. The first-order valence-electron chi connectivity index (χ1n) is 8.33. The second-order valence-corrected chi connectivity index (χ2v) is 6.51. The van der Waals surface area contributed by atoms with Crippen molar-refractivity contribution in [3.8, 4) is 11.4 Å². The Morgan fingerprint density at radius 3 is 2.85 bits per heavy atom. The van der Waals surface area contributed by atoms with Gasteiger partial charge in [-0.05, 0) is 29.8 Å². The topological polar surface area (TPSA) is 71.1 Å². The van der Waals surface area contributed by atoms with Crippen LogP contribution in [0.3, 0.4) is 0 Å². The molecule has 6 nitrogen and oxygen atoms in total. The SMILES string of the molecule is O=C(c1cccc(-c2ncn[nH]2)c1)N1CCO[C@@H](c2ccc(Cl)cc2)C1. The van der Waals surface area contributed by atoms with Gasteiger partial charge in [-0.15, -0.1) is 0 Å². The lowest BCUT2D eigenvalue weighted by atomic mass is 10.1. The summed E-state index contributed by atoms with van der Waals surface area (Å²) in [4.78, 5) is 18.9. The van der Waals surface area contributed by atoms with Crippen LogP contribution < -0.4 is 0 Å². The molecule has 1 saturated heterocycles. The van der Waals surface area contributed by atoms with Crippen LogP contribution in [0.1, 0.15) is 22.0 Å². The Balaban J connectivity index is 1.52. The number of halogens is 1. The molecule has 1 aromatic heterocycles. The van der Waals surface area contributed by atoms with Gasteiger partial charge in [-0.3, -0.25) is 9.89 Å². The fourth-order valence-corrected chi connectivity index (χ4v) is 3.17. The summed E-state index contributed by atoms with van der Waals surface area (Å²) in [5, 5.41) is 7.35. The van der Waals surface area contributed by atoms with Crippen molar-refractivity contribution < 1.29 is 9.53 Å². The number of nitrogens with one attached hydrogen (secondary N) is 1. The number of carbonyl (C=O) groups is 1. The van der Waals surface area contributed by atoms with Crippen molar-refractivity contribution in [2.45, 2.75) is 6.10 Å². The van der Waals surface area contributed by atoms with E-state index in [9.17, 15) is 4.79 Å². The van der Waals surface area contributed by atoms with Gasteiger partial charge < -0.3 is 9.64 Å². The average molecular weight is 369 g/mol. The summed E-state index contributed by atoms with van der Waals surface area (Å²) in [6.45, 7) is 1.57. The quantitative estimate of drug-likeness (QED) is 0.769. The van der Waals surface area contributed by atoms with Gasteiger partial charge in [-0.2, -0.15) is 5.10 Å². The zero-order chi connectivity index (χ0) is 17.9. The van der Waals surface area contributed by atoms with E-state index in [1.807, 2.05) is 53.4 Å². The molecule has 26 heavy (non-hydrogen) atoms. The Labute approximate surface area is 155 Å². The van der Waals surface area contributed by atoms with E-state index in [-0.39, 0.29) is 12.0 Å². The predicted octanol–water partition coefficient (Wildman–Crippen LogP) is 3.34. The fraction of sp³-hybridized carbons (Fsp3) is 0.211. The highest BCUT2D eigenvalue weighted by Gasteiger charge is 2.26. The Hall–Kier alpha value is -2.70. The number of H-pyrrole nitrogens is 1. The Morgan fingerprint density at radius 1 is 1.23 bits per heavy atom. The maximum Gasteiger partial charge on any atom is 0.254 e. The molecule has 1 amide bonds. The van der Waals surface area contributed by atoms with Crippen molar-refractivity contribution in [2.24, 2.45) is 0 Å². The summed E-state index contributed by atoms with van der Waals surface area (Å²) >= 11 is 5.95. The van der Waals surface area contributed by atoms with E-state index < -0.39 is 0 Å². The first-order valence-corrected chi connectivity index (χ1v) is 8.70. The molecule has 1 fully saturated rings. The van der Waals surface area contributed by atoms with Crippen LogP contribution >= 0.6 is 11.6 Å². The first kappa shape index (κ1) is 16.8. The van der Waals surface area contributed by atoms with E-state index in [0.717, 1.165) is 11.1 Å². The molecule has 2 aromatic carbocycles. The minimum atomic E-state index is -0.151. The molecular formula is C19H17ClN4O2. The Bertz CT molecular complexity index is 896. The maximum absolute atomic E-state index is 13.0. The molecule has 1 atom stereocenters. The van der Waals surface area contributed by atoms with Gasteiger partial charge in [-0.25, -0.2) is 4.98 Å². The zero-order valence-corrected chi connectivity index (χ0v) is 14.7. The molecule has 1 N–H and O–H groups in total. The summed E-state index contributed by atoms with van der Waals surface area (Å²) in [6.07, 6.45) is 1.30. The average Bonchev–Trinajstić information content (AvgIpc) is 3.23. The van der Waals surface area contributed by atoms with E-state index in [1.54, 1.807) is 0 Å². The van der Waals surface area contributed by atoms with Gasteiger partial charge >= 0.3 is 0 Å². The van der Waals surface area contributed by atoms with Crippen molar-refractivity contribution >= 4 is 17.5 Å². The second kappa shape index (κ2) is 7.27. The molecule has 0 radical (unpaired) electrons. The summed E-state index contributed by atoms with van der Waals surface area (Å²) in [6, 6.07) is 14.9. The van der Waals surface area contributed by atoms with Crippen molar-refractivity contribution in [3.63, 3.8) is 0 Å². The Morgan fingerprint density at radius 2 is 2.08 bits per heavy atom. The van der Waals surface area contributed by atoms with Crippen LogP contribution in [0.2, 0.25) is 5.02 Å². The number of benzene rings is 2. The molecule has 0 spiro atoms. The van der Waals surface area contributed by atoms with Gasteiger partial charge in [-0.1, -0.05) is 35.9 Å². The molecule has 1 aliphatic heterocycles. The third kappa shape index (κ3) is 3.47. The highest BCUT2D eigenvalue weighted by molar-refractivity contribution is 6.30. The smallest absolute Gasteiger partial charge is 0.254 e. The van der Waals surface area contributed by atoms with E-state index >= 15 is 0 Å². The normalized spacial score (nSPS) is 17.3. The van der Waals surface area contributed by atoms with Gasteiger partial charge in [0.15, 0.2) is 5.82 Å². The maximum atomic E-state index is 13.0. The van der Waals surface area contributed by atoms with Gasteiger partial charge in [0.05, 0.1) is 13.2 Å². The molecule has 0 bridgehead atoms. The molecule has 1 aliphatic rings. The number of aromatic nitrogens is 3. The molecule has 4 rings (SSSR count). The van der Waals surface area contributed by atoms with Crippen LogP contribution in [-0.2, 0) is 4.74 Å². The summed E-state index contributed by atoms with van der Waals surface area (Å²) in [7, 11) is 0. The van der Waals surface area contributed by atoms with Gasteiger partial charge in [0.2, 0.25) is 0 Å². The Kier molecular flexibility index (Phi) is 4.69. The molecule has 2 heterocycles. The lowest BCUT2D eigenvalue weighted by molar-refractivity contribution is -0.0228. The highest BCUT2D eigenvalue weighted by Crippen LogP contribution is 2.25. The number of carbonyl (C=O) groups excluding carboxylic acids is 1. The van der Waals surface area contributed by atoms with Crippen LogP contribution in [0.25, 0.3) is 11.4 Å². The highest BCUT2D eigenvalue weighted by atomic mass is 35.5. The molecule has 0 unspecified atom stereocenters. The second-order valence-electron chi connectivity index (χ2n) is 6.08. The van der Waals surface area contributed by atoms with Gasteiger partial charge in [0.25, 0.3) is 5.91 Å². The van der Waals surface area contributed by atoms with Crippen LogP contribution in [0, 0.1) is 0 Å². The van der Waals surface area contributed by atoms with Crippen molar-refractivity contribution in [3.05, 3.63) is 71.0 Å². The largest absolute Gasteiger partial charge is 0.370 e. The van der Waals surface area contributed by atoms with Crippen LogP contribution in [0.15, 0.2) is 54.9 Å². The van der Waals surface area contributed by atoms with Crippen LogP contribution in [0.5, 0.6) is 0 Å². The van der Waals surface area contributed by atoms with E-state index in [1.165, 1.54) is 6.33 Å². The summed E-state index contributed by atoms with van der Waals surface area (Å²) in [5.74, 6) is 0.620. The number of rotatable bonds is 3. The first-order chi connectivity index (χ1) is 12.7. The third-order valence-corrected chi connectivity index (χ3v) is 4.65. The lowest BCUT2D eigenvalue weighted by Gasteiger charge is -2.33. The standard InChI is InChI=1S/C19H17ClN4O2/c20-16-6-4-13(5-7-16)17-11-24(8-9-26-17)19(25)15-3-1-2-14(10-15)18-21-12-22-23-18/h1-7,10,12,17H,8-9,11H2,(H,21,22,23)/t17-/m1/s1. The van der Waals surface area contributed by atoms with E-state index in [0.29, 0.717) is 36.1 Å². The fourth-order valence-electron chi connectivity index (χ4n) is 3.04. The van der Waals surface area contributed by atoms with E-state index in [2.05, 4.69) is 15.2 Å². The molecule has 0 aliphatic carbocycles. The minimum absolute atomic E-state index is 0.0198. The number of morpholine rings is 1. The molecule has 3 aromatic rings. The van der Waals surface area contributed by atoms with Crippen LogP contribution in [-0.4, -0.2) is 45.7 Å². The number of hydrogen-bond donors (Lipinski definition) is 1. The minimum Gasteiger partial charge on any atom is -0.370 e. The molecule has 0 saturated carbocycles. The number of aromatic amines is 1. The number of nitrogens with zero attached hydrogens (tertiary/aromatic N) is 3. The summed E-state index contributed by atoms with van der Waals surface area (Å²) < 4.78 is 5.84. The zero-order valence-electron chi connectivity index (χ0n) is 13.9. The molecule has 132 valence electrons. The van der Waals surface area contributed by atoms with Crippen LogP contribution in [0.4, 0.5) is 0 Å². The lowest BCUT2D eigenvalue weighted by Crippen LogP contribution is -2.42. The molecule has 7 heteroatoms. The number of hydrogen-bond acceptors (Lipinski definition) is 4. The third-order valence-electron chi connectivity index (χ3n) is 4.39. The van der Waals surface area contributed by atoms with Crippen molar-refractivity contribution in [1.82, 2.24) is 20.1 Å². The number of amides is 1. The number of ether oxygens (including phenoxy) is 1. The van der Waals surface area contributed by atoms with Gasteiger partial charge in [0, 0.05) is 22.7 Å². The van der Waals surface area contributed by atoms with Crippen molar-refractivity contribution in [1.29, 1.82) is 0 Å².